The van der Waals surface area contributed by atoms with Crippen molar-refractivity contribution in [1.29, 1.82) is 0 Å². The lowest BCUT2D eigenvalue weighted by Crippen LogP contribution is -2.35. The SMILES string of the molecule is CCCc1c(NC)ncnc1N1CCCN(C)C(=O)C1. The zero-order valence-electron chi connectivity index (χ0n) is 12.5. The van der Waals surface area contributed by atoms with Crippen LogP contribution in [0.4, 0.5) is 11.6 Å². The lowest BCUT2D eigenvalue weighted by Gasteiger charge is -2.24. The molecule has 0 aromatic carbocycles. The first kappa shape index (κ1) is 14.6. The monoisotopic (exact) mass is 277 g/mol. The van der Waals surface area contributed by atoms with Gasteiger partial charge < -0.3 is 15.1 Å². The number of amides is 1. The predicted molar refractivity (Wildman–Crippen MR) is 80.0 cm³/mol. The van der Waals surface area contributed by atoms with E-state index in [-0.39, 0.29) is 5.91 Å². The van der Waals surface area contributed by atoms with Crippen molar-refractivity contribution in [3.8, 4) is 0 Å². The second-order valence-corrected chi connectivity index (χ2v) is 5.11. The van der Waals surface area contributed by atoms with Crippen LogP contribution in [0.1, 0.15) is 25.3 Å². The highest BCUT2D eigenvalue weighted by atomic mass is 16.2. The van der Waals surface area contributed by atoms with Crippen LogP contribution in [-0.4, -0.2) is 54.5 Å². The Labute approximate surface area is 120 Å². The van der Waals surface area contributed by atoms with Gasteiger partial charge in [-0.25, -0.2) is 9.97 Å². The molecule has 0 spiro atoms. The van der Waals surface area contributed by atoms with E-state index in [1.165, 1.54) is 0 Å². The highest BCUT2D eigenvalue weighted by Crippen LogP contribution is 2.25. The van der Waals surface area contributed by atoms with Crippen LogP contribution in [0.15, 0.2) is 6.33 Å². The van der Waals surface area contributed by atoms with Crippen LogP contribution in [0.5, 0.6) is 0 Å². The number of likely N-dealkylation sites (N-methyl/N-ethyl adjacent to an activating group) is 1. The molecule has 0 radical (unpaired) electrons. The van der Waals surface area contributed by atoms with Crippen molar-refractivity contribution in [3.05, 3.63) is 11.9 Å². The zero-order valence-corrected chi connectivity index (χ0v) is 12.5. The van der Waals surface area contributed by atoms with Crippen LogP contribution in [0.2, 0.25) is 0 Å². The summed E-state index contributed by atoms with van der Waals surface area (Å²) in [5.74, 6) is 1.91. The van der Waals surface area contributed by atoms with E-state index in [1.807, 2.05) is 14.1 Å². The molecule has 110 valence electrons. The van der Waals surface area contributed by atoms with Gasteiger partial charge in [-0.3, -0.25) is 4.79 Å². The van der Waals surface area contributed by atoms with Gasteiger partial charge in [-0.2, -0.15) is 0 Å². The molecule has 2 rings (SSSR count). The fourth-order valence-electron chi connectivity index (χ4n) is 2.54. The molecule has 6 heteroatoms. The minimum atomic E-state index is 0.148. The summed E-state index contributed by atoms with van der Waals surface area (Å²) in [6.07, 6.45) is 4.47. The molecule has 0 bridgehead atoms. The van der Waals surface area contributed by atoms with E-state index in [2.05, 4.69) is 27.1 Å². The summed E-state index contributed by atoms with van der Waals surface area (Å²) in [5.41, 5.74) is 1.11. The summed E-state index contributed by atoms with van der Waals surface area (Å²) >= 11 is 0. The van der Waals surface area contributed by atoms with Gasteiger partial charge in [-0.15, -0.1) is 0 Å². The fourth-order valence-corrected chi connectivity index (χ4v) is 2.54. The standard InChI is InChI=1S/C14H23N5O/c1-4-6-11-13(15-2)16-10-17-14(11)19-8-5-7-18(3)12(20)9-19/h10H,4-9H2,1-3H3,(H,15,16,17). The number of carbonyl (C=O) groups is 1. The molecule has 1 aromatic heterocycles. The molecule has 1 saturated heterocycles. The highest BCUT2D eigenvalue weighted by molar-refractivity contribution is 5.82. The molecular formula is C14H23N5O. The van der Waals surface area contributed by atoms with Crippen LogP contribution in [0.25, 0.3) is 0 Å². The van der Waals surface area contributed by atoms with Gasteiger partial charge in [-0.05, 0) is 12.8 Å². The molecule has 0 saturated carbocycles. The largest absolute Gasteiger partial charge is 0.373 e. The lowest BCUT2D eigenvalue weighted by molar-refractivity contribution is -0.127. The third-order valence-electron chi connectivity index (χ3n) is 3.63. The molecule has 1 aliphatic heterocycles. The summed E-state index contributed by atoms with van der Waals surface area (Å²) in [6, 6.07) is 0. The van der Waals surface area contributed by atoms with E-state index in [0.29, 0.717) is 6.54 Å². The van der Waals surface area contributed by atoms with Gasteiger partial charge >= 0.3 is 0 Å². The fraction of sp³-hybridized carbons (Fsp3) is 0.643. The van der Waals surface area contributed by atoms with Crippen LogP contribution in [0.3, 0.4) is 0 Å². The molecule has 20 heavy (non-hydrogen) atoms. The second-order valence-electron chi connectivity index (χ2n) is 5.11. The number of anilines is 2. The molecule has 2 heterocycles. The van der Waals surface area contributed by atoms with Crippen molar-refractivity contribution in [3.63, 3.8) is 0 Å². The maximum absolute atomic E-state index is 12.0. The number of nitrogens with zero attached hydrogens (tertiary/aromatic N) is 4. The molecule has 1 fully saturated rings. The summed E-state index contributed by atoms with van der Waals surface area (Å²) in [7, 11) is 3.73. The molecule has 1 N–H and O–H groups in total. The Bertz CT molecular complexity index is 477. The number of aromatic nitrogens is 2. The highest BCUT2D eigenvalue weighted by Gasteiger charge is 2.23. The summed E-state index contributed by atoms with van der Waals surface area (Å²) in [6.45, 7) is 4.19. The zero-order chi connectivity index (χ0) is 14.5. The predicted octanol–water partition coefficient (Wildman–Crippen LogP) is 1.14. The Morgan fingerprint density at radius 3 is 2.85 bits per heavy atom. The Morgan fingerprint density at radius 2 is 2.15 bits per heavy atom. The van der Waals surface area contributed by atoms with Crippen molar-refractivity contribution in [2.24, 2.45) is 0 Å². The third kappa shape index (κ3) is 3.00. The van der Waals surface area contributed by atoms with Crippen LogP contribution < -0.4 is 10.2 Å². The number of carbonyl (C=O) groups excluding carboxylic acids is 1. The van der Waals surface area contributed by atoms with Gasteiger partial charge in [0.25, 0.3) is 0 Å². The molecule has 0 atom stereocenters. The Hall–Kier alpha value is -1.85. The van der Waals surface area contributed by atoms with E-state index in [0.717, 1.165) is 49.6 Å². The average molecular weight is 277 g/mol. The topological polar surface area (TPSA) is 61.4 Å². The van der Waals surface area contributed by atoms with E-state index in [9.17, 15) is 4.79 Å². The molecule has 0 unspecified atom stereocenters. The van der Waals surface area contributed by atoms with E-state index < -0.39 is 0 Å². The van der Waals surface area contributed by atoms with Crippen LogP contribution in [0, 0.1) is 0 Å². The smallest absolute Gasteiger partial charge is 0.241 e. The summed E-state index contributed by atoms with van der Waals surface area (Å²) in [4.78, 5) is 24.6. The first-order valence-corrected chi connectivity index (χ1v) is 7.18. The van der Waals surface area contributed by atoms with E-state index in [4.69, 9.17) is 0 Å². The number of nitrogens with one attached hydrogen (secondary N) is 1. The van der Waals surface area contributed by atoms with Crippen molar-refractivity contribution in [1.82, 2.24) is 14.9 Å². The molecule has 0 aliphatic carbocycles. The number of hydrogen-bond acceptors (Lipinski definition) is 5. The van der Waals surface area contributed by atoms with Crippen molar-refractivity contribution in [2.45, 2.75) is 26.2 Å². The quantitative estimate of drug-likeness (QED) is 0.894. The van der Waals surface area contributed by atoms with Crippen LogP contribution in [-0.2, 0) is 11.2 Å². The second kappa shape index (κ2) is 6.54. The Balaban J connectivity index is 2.33. The van der Waals surface area contributed by atoms with Gasteiger partial charge in [0.15, 0.2) is 0 Å². The first-order chi connectivity index (χ1) is 9.67. The number of rotatable bonds is 4. The van der Waals surface area contributed by atoms with Gasteiger partial charge in [-0.1, -0.05) is 13.3 Å². The van der Waals surface area contributed by atoms with Gasteiger partial charge in [0.1, 0.15) is 18.0 Å². The van der Waals surface area contributed by atoms with Crippen molar-refractivity contribution < 1.29 is 4.79 Å². The molecule has 6 nitrogen and oxygen atoms in total. The van der Waals surface area contributed by atoms with Gasteiger partial charge in [0, 0.05) is 32.7 Å². The van der Waals surface area contributed by atoms with E-state index >= 15 is 0 Å². The van der Waals surface area contributed by atoms with Crippen LogP contribution >= 0.6 is 0 Å². The minimum absolute atomic E-state index is 0.148. The molecule has 1 aliphatic rings. The summed E-state index contributed by atoms with van der Waals surface area (Å²) < 4.78 is 0. The molecular weight excluding hydrogens is 254 g/mol. The minimum Gasteiger partial charge on any atom is -0.373 e. The number of hydrogen-bond donors (Lipinski definition) is 1. The summed E-state index contributed by atoms with van der Waals surface area (Å²) in [5, 5.41) is 3.12. The average Bonchev–Trinajstić information content (AvgIpc) is 2.62. The first-order valence-electron chi connectivity index (χ1n) is 7.18. The normalized spacial score (nSPS) is 16.2. The lowest BCUT2D eigenvalue weighted by atomic mass is 10.1. The Kier molecular flexibility index (Phi) is 4.76. The van der Waals surface area contributed by atoms with E-state index in [1.54, 1.807) is 11.2 Å². The van der Waals surface area contributed by atoms with Gasteiger partial charge in [0.2, 0.25) is 5.91 Å². The maximum Gasteiger partial charge on any atom is 0.241 e. The maximum atomic E-state index is 12.0. The Morgan fingerprint density at radius 1 is 1.35 bits per heavy atom. The van der Waals surface area contributed by atoms with Gasteiger partial charge in [0.05, 0.1) is 6.54 Å². The third-order valence-corrected chi connectivity index (χ3v) is 3.63. The van der Waals surface area contributed by atoms with Crippen molar-refractivity contribution >= 4 is 17.5 Å². The van der Waals surface area contributed by atoms with Crippen molar-refractivity contribution in [2.75, 3.05) is 43.9 Å². The molecule has 1 amide bonds. The molecule has 1 aromatic rings.